The van der Waals surface area contributed by atoms with Crippen molar-refractivity contribution < 1.29 is 23.8 Å². The number of nitrogens with zero attached hydrogens (tertiary/aromatic N) is 3. The summed E-state index contributed by atoms with van der Waals surface area (Å²) in [5.74, 6) is 1.92. The Morgan fingerprint density at radius 2 is 1.95 bits per heavy atom. The first-order valence-electron chi connectivity index (χ1n) is 11.7. The quantitative estimate of drug-likeness (QED) is 0.356. The molecule has 2 heterocycles. The van der Waals surface area contributed by atoms with E-state index in [2.05, 4.69) is 20.8 Å². The van der Waals surface area contributed by atoms with Crippen molar-refractivity contribution in [2.75, 3.05) is 25.0 Å². The van der Waals surface area contributed by atoms with Gasteiger partial charge in [-0.1, -0.05) is 37.2 Å². The number of anilines is 1. The fraction of sp³-hybridized carbons (Fsp3) is 0.360. The number of rotatable bonds is 10. The van der Waals surface area contributed by atoms with Crippen LogP contribution in [0.5, 0.6) is 17.2 Å². The zero-order valence-electron chi connectivity index (χ0n) is 20.9. The number of fused-ring (bicyclic) bond motifs is 1. The molecule has 0 saturated carbocycles. The molecule has 0 saturated heterocycles. The lowest BCUT2D eigenvalue weighted by atomic mass is 10.0. The molecule has 1 atom stereocenters. The van der Waals surface area contributed by atoms with Crippen molar-refractivity contribution in [2.24, 2.45) is 5.92 Å². The number of hydrogen-bond donors (Lipinski definition) is 2. The first-order chi connectivity index (χ1) is 17.8. The Labute approximate surface area is 224 Å². The molecule has 0 bridgehead atoms. The highest BCUT2D eigenvalue weighted by Crippen LogP contribution is 2.33. The summed E-state index contributed by atoms with van der Waals surface area (Å²) in [7, 11) is 1.52. The molecule has 0 spiro atoms. The van der Waals surface area contributed by atoms with E-state index < -0.39 is 6.04 Å². The zero-order valence-corrected chi connectivity index (χ0v) is 22.5. The van der Waals surface area contributed by atoms with Gasteiger partial charge in [0.25, 0.3) is 5.91 Å². The largest absolute Gasteiger partial charge is 0.495 e. The summed E-state index contributed by atoms with van der Waals surface area (Å²) >= 11 is 7.31. The molecule has 1 aliphatic heterocycles. The standard InChI is InChI=1S/C25H28ClN5O5S/c1-5-31-23(22(14(2)3)28-24(33)15-6-8-19-20(10-15)36-13-35-19)29-30-25(31)37-12-21(32)27-17-11-16(26)7-9-18(17)34-4/h6-11,14,22H,5,12-13H2,1-4H3,(H,27,32)(H,28,33). The van der Waals surface area contributed by atoms with Crippen LogP contribution in [-0.2, 0) is 11.3 Å². The number of benzene rings is 2. The summed E-state index contributed by atoms with van der Waals surface area (Å²) in [5, 5.41) is 15.6. The summed E-state index contributed by atoms with van der Waals surface area (Å²) in [6.07, 6.45) is 0. The molecular formula is C25H28ClN5O5S. The molecule has 196 valence electrons. The van der Waals surface area contributed by atoms with Crippen molar-refractivity contribution >= 4 is 40.9 Å². The molecule has 3 aromatic rings. The number of hydrogen-bond acceptors (Lipinski definition) is 8. The minimum absolute atomic E-state index is 0.0314. The van der Waals surface area contributed by atoms with E-state index in [1.165, 1.54) is 18.9 Å². The predicted octanol–water partition coefficient (Wildman–Crippen LogP) is 4.55. The van der Waals surface area contributed by atoms with Gasteiger partial charge in [-0.3, -0.25) is 9.59 Å². The average Bonchev–Trinajstić information content (AvgIpc) is 3.51. The Balaban J connectivity index is 1.45. The lowest BCUT2D eigenvalue weighted by Gasteiger charge is -2.22. The number of aromatic nitrogens is 3. The second-order valence-corrected chi connectivity index (χ2v) is 9.91. The summed E-state index contributed by atoms with van der Waals surface area (Å²) in [6.45, 7) is 6.66. The van der Waals surface area contributed by atoms with Gasteiger partial charge < -0.3 is 29.4 Å². The topological polar surface area (TPSA) is 117 Å². The van der Waals surface area contributed by atoms with Crippen LogP contribution in [0.3, 0.4) is 0 Å². The predicted molar refractivity (Wildman–Crippen MR) is 141 cm³/mol. The highest BCUT2D eigenvalue weighted by atomic mass is 35.5. The maximum absolute atomic E-state index is 13.1. The molecule has 1 aromatic heterocycles. The van der Waals surface area contributed by atoms with Crippen LogP contribution >= 0.6 is 23.4 Å². The van der Waals surface area contributed by atoms with Crippen molar-refractivity contribution in [2.45, 2.75) is 38.5 Å². The van der Waals surface area contributed by atoms with Crippen LogP contribution in [0.1, 0.15) is 43.0 Å². The second kappa shape index (κ2) is 11.7. The number of thioether (sulfide) groups is 1. The molecular weight excluding hydrogens is 518 g/mol. The van der Waals surface area contributed by atoms with E-state index in [1.54, 1.807) is 36.4 Å². The number of carbonyl (C=O) groups is 2. The second-order valence-electron chi connectivity index (χ2n) is 8.53. The molecule has 0 radical (unpaired) electrons. The fourth-order valence-corrected chi connectivity index (χ4v) is 4.80. The van der Waals surface area contributed by atoms with Crippen LogP contribution in [0.25, 0.3) is 0 Å². The van der Waals surface area contributed by atoms with E-state index in [0.717, 1.165) is 0 Å². The van der Waals surface area contributed by atoms with Crippen LogP contribution in [-0.4, -0.2) is 46.2 Å². The molecule has 1 aliphatic rings. The Morgan fingerprint density at radius 3 is 2.68 bits per heavy atom. The molecule has 4 rings (SSSR count). The van der Waals surface area contributed by atoms with E-state index in [9.17, 15) is 9.59 Å². The monoisotopic (exact) mass is 545 g/mol. The third kappa shape index (κ3) is 6.11. The lowest BCUT2D eigenvalue weighted by molar-refractivity contribution is -0.113. The Bertz CT molecular complexity index is 1300. The number of ether oxygens (including phenoxy) is 3. The number of methoxy groups -OCH3 is 1. The minimum Gasteiger partial charge on any atom is -0.495 e. The van der Waals surface area contributed by atoms with Gasteiger partial charge in [0.05, 0.1) is 24.6 Å². The van der Waals surface area contributed by atoms with Gasteiger partial charge in [-0.25, -0.2) is 0 Å². The van der Waals surface area contributed by atoms with E-state index in [-0.39, 0.29) is 30.3 Å². The van der Waals surface area contributed by atoms with Gasteiger partial charge in [-0.2, -0.15) is 0 Å². The SMILES string of the molecule is CCn1c(SCC(=O)Nc2cc(Cl)ccc2OC)nnc1C(NC(=O)c1ccc2c(c1)OCO2)C(C)C. The highest BCUT2D eigenvalue weighted by Gasteiger charge is 2.27. The van der Waals surface area contributed by atoms with Gasteiger partial charge in [0.15, 0.2) is 22.5 Å². The van der Waals surface area contributed by atoms with Crippen LogP contribution in [0.2, 0.25) is 5.02 Å². The van der Waals surface area contributed by atoms with Crippen molar-refractivity contribution in [3.05, 3.63) is 52.8 Å². The molecule has 2 aromatic carbocycles. The molecule has 0 aliphatic carbocycles. The number of carbonyl (C=O) groups excluding carboxylic acids is 2. The van der Waals surface area contributed by atoms with Crippen molar-refractivity contribution in [3.8, 4) is 17.2 Å². The van der Waals surface area contributed by atoms with Gasteiger partial charge >= 0.3 is 0 Å². The molecule has 10 nitrogen and oxygen atoms in total. The Morgan fingerprint density at radius 1 is 1.16 bits per heavy atom. The van der Waals surface area contributed by atoms with Crippen molar-refractivity contribution in [1.82, 2.24) is 20.1 Å². The third-order valence-electron chi connectivity index (χ3n) is 5.70. The molecule has 1 unspecified atom stereocenters. The van der Waals surface area contributed by atoms with E-state index in [4.69, 9.17) is 25.8 Å². The van der Waals surface area contributed by atoms with Crippen LogP contribution < -0.4 is 24.8 Å². The number of nitrogens with one attached hydrogen (secondary N) is 2. The third-order valence-corrected chi connectivity index (χ3v) is 6.90. The molecule has 2 N–H and O–H groups in total. The maximum Gasteiger partial charge on any atom is 0.252 e. The summed E-state index contributed by atoms with van der Waals surface area (Å²) in [5.41, 5.74) is 0.949. The molecule has 2 amide bonds. The summed E-state index contributed by atoms with van der Waals surface area (Å²) < 4.78 is 17.9. The van der Waals surface area contributed by atoms with Gasteiger partial charge in [0.2, 0.25) is 12.7 Å². The van der Waals surface area contributed by atoms with E-state index in [1.807, 2.05) is 25.3 Å². The zero-order chi connectivity index (χ0) is 26.5. The molecule has 12 heteroatoms. The summed E-state index contributed by atoms with van der Waals surface area (Å²) in [6, 6.07) is 9.68. The van der Waals surface area contributed by atoms with E-state index >= 15 is 0 Å². The van der Waals surface area contributed by atoms with Crippen LogP contribution in [0.4, 0.5) is 5.69 Å². The van der Waals surface area contributed by atoms with E-state index in [0.29, 0.717) is 51.0 Å². The highest BCUT2D eigenvalue weighted by molar-refractivity contribution is 7.99. The average molecular weight is 546 g/mol. The summed E-state index contributed by atoms with van der Waals surface area (Å²) in [4.78, 5) is 25.7. The molecule has 37 heavy (non-hydrogen) atoms. The molecule has 0 fully saturated rings. The van der Waals surface area contributed by atoms with Gasteiger partial charge in [-0.05, 0) is 49.2 Å². The van der Waals surface area contributed by atoms with Crippen LogP contribution in [0, 0.1) is 5.92 Å². The Kier molecular flexibility index (Phi) is 8.45. The van der Waals surface area contributed by atoms with Gasteiger partial charge in [0.1, 0.15) is 5.75 Å². The van der Waals surface area contributed by atoms with Crippen molar-refractivity contribution in [1.29, 1.82) is 0 Å². The number of amides is 2. The van der Waals surface area contributed by atoms with Crippen molar-refractivity contribution in [3.63, 3.8) is 0 Å². The first kappa shape index (κ1) is 26.6. The van der Waals surface area contributed by atoms with Gasteiger partial charge in [-0.15, -0.1) is 10.2 Å². The fourth-order valence-electron chi connectivity index (χ4n) is 3.82. The lowest BCUT2D eigenvalue weighted by Crippen LogP contribution is -2.33. The minimum atomic E-state index is -0.399. The first-order valence-corrected chi connectivity index (χ1v) is 13.1. The maximum atomic E-state index is 13.1. The van der Waals surface area contributed by atoms with Gasteiger partial charge in [0, 0.05) is 17.1 Å². The normalized spacial score (nSPS) is 12.9. The number of halogens is 1. The Hall–Kier alpha value is -3.44. The smallest absolute Gasteiger partial charge is 0.252 e. The van der Waals surface area contributed by atoms with Crippen LogP contribution in [0.15, 0.2) is 41.6 Å².